The van der Waals surface area contributed by atoms with Gasteiger partial charge in [0.2, 0.25) is 11.8 Å². The van der Waals surface area contributed by atoms with E-state index in [9.17, 15) is 4.39 Å². The van der Waals surface area contributed by atoms with Crippen LogP contribution in [-0.2, 0) is 11.3 Å². The molecule has 8 heteroatoms. The van der Waals surface area contributed by atoms with Crippen LogP contribution in [0, 0.1) is 18.7 Å². The summed E-state index contributed by atoms with van der Waals surface area (Å²) in [5.74, 6) is 5.43. The summed E-state index contributed by atoms with van der Waals surface area (Å²) in [6.07, 6.45) is 12.3. The van der Waals surface area contributed by atoms with Gasteiger partial charge in [-0.1, -0.05) is 71.2 Å². The fourth-order valence-electron chi connectivity index (χ4n) is 2.80. The molecule has 0 fully saturated rings. The van der Waals surface area contributed by atoms with Gasteiger partial charge in [-0.25, -0.2) is 14.4 Å². The second kappa shape index (κ2) is 21.9. The number of nitrogens with zero attached hydrogens (tertiary/aromatic N) is 4. The fraction of sp³-hybridized carbons (Fsp3) is 0.300. The number of pyridine rings is 1. The lowest BCUT2D eigenvalue weighted by Gasteiger charge is -2.14. The largest absolute Gasteiger partial charge is 0.481 e. The van der Waals surface area contributed by atoms with Crippen LogP contribution >= 0.6 is 0 Å². The first kappa shape index (κ1) is 35.8. The van der Waals surface area contributed by atoms with E-state index in [4.69, 9.17) is 15.3 Å². The van der Waals surface area contributed by atoms with Gasteiger partial charge in [0.15, 0.2) is 0 Å². The van der Waals surface area contributed by atoms with Crippen LogP contribution in [-0.4, -0.2) is 42.9 Å². The van der Waals surface area contributed by atoms with Crippen molar-refractivity contribution in [3.8, 4) is 18.7 Å². The maximum absolute atomic E-state index is 13.0. The number of aliphatic imine (C=N–C) groups is 1. The molecule has 0 radical (unpaired) electrons. The molecule has 1 aromatic carbocycles. The van der Waals surface area contributed by atoms with Crippen LogP contribution in [0.4, 0.5) is 4.39 Å². The third kappa shape index (κ3) is 13.1. The van der Waals surface area contributed by atoms with Gasteiger partial charge in [0.05, 0.1) is 19.0 Å². The lowest BCUT2D eigenvalue weighted by atomic mass is 10.1. The zero-order valence-corrected chi connectivity index (χ0v) is 23.7. The Morgan fingerprint density at radius 1 is 1.13 bits per heavy atom. The molecule has 0 saturated carbocycles. The molecular weight excluding hydrogens is 481 g/mol. The molecule has 2 N–H and O–H groups in total. The van der Waals surface area contributed by atoms with Crippen molar-refractivity contribution in [2.75, 3.05) is 20.8 Å². The Balaban J connectivity index is 0. The lowest BCUT2D eigenvalue weighted by Crippen LogP contribution is -2.16. The normalized spacial score (nSPS) is 10.7. The Labute approximate surface area is 228 Å². The summed E-state index contributed by atoms with van der Waals surface area (Å²) < 4.78 is 24.1. The van der Waals surface area contributed by atoms with Gasteiger partial charge in [0.1, 0.15) is 18.8 Å². The van der Waals surface area contributed by atoms with E-state index in [1.54, 1.807) is 12.4 Å². The summed E-state index contributed by atoms with van der Waals surface area (Å²) in [6, 6.07) is 10.6. The minimum Gasteiger partial charge on any atom is -0.481 e. The Morgan fingerprint density at radius 2 is 1.74 bits per heavy atom. The highest BCUT2D eigenvalue weighted by Gasteiger charge is 2.11. The Morgan fingerprint density at radius 3 is 2.21 bits per heavy atom. The molecule has 0 unspecified atom stereocenters. The van der Waals surface area contributed by atoms with E-state index >= 15 is 0 Å². The lowest BCUT2D eigenvalue weighted by molar-refractivity contribution is 0.335. The molecule has 38 heavy (non-hydrogen) atoms. The van der Waals surface area contributed by atoms with Gasteiger partial charge >= 0.3 is 0 Å². The van der Waals surface area contributed by atoms with Crippen LogP contribution in [0.5, 0.6) is 5.88 Å². The van der Waals surface area contributed by atoms with Crippen LogP contribution in [0.1, 0.15) is 45.7 Å². The quantitative estimate of drug-likeness (QED) is 0.0965. The summed E-state index contributed by atoms with van der Waals surface area (Å²) in [5.41, 5.74) is 3.98. The van der Waals surface area contributed by atoms with Gasteiger partial charge in [-0.2, -0.15) is 5.10 Å². The predicted molar refractivity (Wildman–Crippen MR) is 159 cm³/mol. The predicted octanol–water partition coefficient (Wildman–Crippen LogP) is 6.45. The number of methoxy groups -OCH3 is 1. The average Bonchev–Trinajstić information content (AvgIpc) is 2.96. The molecular formula is C30H42FN5O2. The minimum atomic E-state index is -0.423. The number of benzene rings is 1. The average molecular weight is 524 g/mol. The minimum absolute atomic E-state index is 0.211. The monoisotopic (exact) mass is 523 g/mol. The molecule has 206 valence electrons. The number of hydrogen-bond acceptors (Lipinski definition) is 6. The summed E-state index contributed by atoms with van der Waals surface area (Å²) >= 11 is 0. The van der Waals surface area contributed by atoms with E-state index in [2.05, 4.69) is 41.1 Å². The third-order valence-corrected chi connectivity index (χ3v) is 4.44. The number of hydrazone groups is 1. The van der Waals surface area contributed by atoms with E-state index < -0.39 is 5.82 Å². The zero-order chi connectivity index (χ0) is 29.5. The summed E-state index contributed by atoms with van der Waals surface area (Å²) in [4.78, 5) is 10.3. The topological polar surface area (TPSA) is 85.3 Å². The molecule has 0 aliphatic heterocycles. The first-order valence-corrected chi connectivity index (χ1v) is 12.1. The molecule has 0 atom stereocenters. The molecule has 0 spiro atoms. The van der Waals surface area contributed by atoms with Crippen LogP contribution < -0.4 is 10.6 Å². The van der Waals surface area contributed by atoms with Crippen LogP contribution in [0.15, 0.2) is 83.1 Å². The summed E-state index contributed by atoms with van der Waals surface area (Å²) in [6.45, 7) is 18.7. The highest BCUT2D eigenvalue weighted by molar-refractivity contribution is 5.99. The van der Waals surface area contributed by atoms with Gasteiger partial charge in [0, 0.05) is 25.2 Å². The summed E-state index contributed by atoms with van der Waals surface area (Å²) in [7, 11) is 3.42. The summed E-state index contributed by atoms with van der Waals surface area (Å²) in [5, 5.41) is 3.51. The molecule has 7 nitrogen and oxygen atoms in total. The number of nitrogens with two attached hydrogens (primary N) is 1. The number of hydrogen-bond donors (Lipinski definition) is 1. The maximum Gasteiger partial charge on any atom is 0.221 e. The van der Waals surface area contributed by atoms with Crippen molar-refractivity contribution in [1.29, 1.82) is 0 Å². The molecule has 0 amide bonds. The molecule has 2 rings (SSSR count). The van der Waals surface area contributed by atoms with Gasteiger partial charge in [0.25, 0.3) is 0 Å². The van der Waals surface area contributed by atoms with E-state index in [1.165, 1.54) is 19.2 Å². The van der Waals surface area contributed by atoms with Crippen molar-refractivity contribution in [3.63, 3.8) is 0 Å². The molecule has 0 aliphatic rings. The van der Waals surface area contributed by atoms with E-state index in [0.717, 1.165) is 22.9 Å². The molecule has 0 bridgehead atoms. The third-order valence-electron chi connectivity index (χ3n) is 4.44. The maximum atomic E-state index is 13.0. The zero-order valence-electron chi connectivity index (χ0n) is 23.7. The van der Waals surface area contributed by atoms with Gasteiger partial charge in [-0.3, -0.25) is 0 Å². The van der Waals surface area contributed by atoms with Crippen molar-refractivity contribution in [1.82, 2.24) is 9.88 Å². The van der Waals surface area contributed by atoms with Crippen molar-refractivity contribution in [2.45, 2.75) is 41.2 Å². The van der Waals surface area contributed by atoms with E-state index in [0.29, 0.717) is 29.6 Å². The highest BCUT2D eigenvalue weighted by atomic mass is 19.1. The van der Waals surface area contributed by atoms with E-state index in [1.807, 2.05) is 70.8 Å². The molecule has 1 aromatic heterocycles. The Kier molecular flexibility index (Phi) is 20.6. The molecule has 0 saturated heterocycles. The first-order chi connectivity index (χ1) is 18.4. The van der Waals surface area contributed by atoms with Crippen molar-refractivity contribution >= 4 is 17.9 Å². The number of ether oxygens (including phenoxy) is 2. The van der Waals surface area contributed by atoms with Crippen LogP contribution in [0.3, 0.4) is 0 Å². The Hall–Kier alpha value is -4.38. The highest BCUT2D eigenvalue weighted by Crippen LogP contribution is 2.19. The van der Waals surface area contributed by atoms with Crippen LogP contribution in [0.25, 0.3) is 5.70 Å². The van der Waals surface area contributed by atoms with Gasteiger partial charge in [-0.15, -0.1) is 12.8 Å². The SMILES string of the molecule is C#C.C=C/C(C(=NC(=C)c1ccc(CN(C)/C=N\N)cc1)OC)=C(\C)COc1ccc(F)cn1.CC.CC. The number of rotatable bonds is 10. The molecule has 0 aliphatic carbocycles. The first-order valence-electron chi connectivity index (χ1n) is 12.1. The van der Waals surface area contributed by atoms with E-state index in [-0.39, 0.29) is 6.61 Å². The fourth-order valence-corrected chi connectivity index (χ4v) is 2.80. The number of halogens is 1. The second-order valence-electron chi connectivity index (χ2n) is 6.95. The van der Waals surface area contributed by atoms with Crippen LogP contribution in [0.2, 0.25) is 0 Å². The Bertz CT molecular complexity index is 1060. The van der Waals surface area contributed by atoms with Gasteiger partial charge in [-0.05, 0) is 29.7 Å². The smallest absolute Gasteiger partial charge is 0.221 e. The van der Waals surface area contributed by atoms with Crippen molar-refractivity contribution in [2.24, 2.45) is 15.9 Å². The number of terminal acetylenes is 1. The van der Waals surface area contributed by atoms with Crippen molar-refractivity contribution in [3.05, 3.63) is 89.9 Å². The second-order valence-corrected chi connectivity index (χ2v) is 6.95. The molecule has 2 aromatic rings. The van der Waals surface area contributed by atoms with Crippen molar-refractivity contribution < 1.29 is 13.9 Å². The standard InChI is InChI=1S/C24H28FN5O2.2C2H6.C2H2/c1-6-22(17(2)15-32-23-12-11-21(25)13-27-23)24(31-5)29-18(3)20-9-7-19(8-10-20)14-30(4)16-28-26;3*1-2/h6-13,16H,1,3,14-15,26H2,2,4-5H3;2*1-2H3;1-2H/b22-17-,28-16-,29-24?;;;. The van der Waals surface area contributed by atoms with Gasteiger partial charge < -0.3 is 20.2 Å². The molecule has 1 heterocycles. The number of aromatic nitrogens is 1.